The highest BCUT2D eigenvalue weighted by molar-refractivity contribution is 7.15. The first-order chi connectivity index (χ1) is 12.7. The van der Waals surface area contributed by atoms with E-state index in [1.54, 1.807) is 11.3 Å². The zero-order valence-corrected chi connectivity index (χ0v) is 16.6. The lowest BCUT2D eigenvalue weighted by atomic mass is 9.72. The molecule has 26 heavy (non-hydrogen) atoms. The van der Waals surface area contributed by atoms with E-state index in [0.717, 1.165) is 87.9 Å². The van der Waals surface area contributed by atoms with Crippen LogP contribution in [-0.4, -0.2) is 59.9 Å². The molecule has 1 aromatic heterocycles. The van der Waals surface area contributed by atoms with Crippen LogP contribution in [0.1, 0.15) is 56.9 Å². The predicted octanol–water partition coefficient (Wildman–Crippen LogP) is 2.88. The smallest absolute Gasteiger partial charge is 0.222 e. The molecule has 1 aromatic rings. The quantitative estimate of drug-likeness (QED) is 0.788. The lowest BCUT2D eigenvalue weighted by Crippen LogP contribution is -2.53. The first-order valence-corrected chi connectivity index (χ1v) is 11.0. The highest BCUT2D eigenvalue weighted by Crippen LogP contribution is 2.41. The predicted molar refractivity (Wildman–Crippen MR) is 103 cm³/mol. The summed E-state index contributed by atoms with van der Waals surface area (Å²) in [6.45, 7) is 6.80. The topological polar surface area (TPSA) is 58.6 Å². The van der Waals surface area contributed by atoms with E-state index in [-0.39, 0.29) is 6.10 Å². The number of piperidine rings is 2. The van der Waals surface area contributed by atoms with E-state index in [1.807, 2.05) is 0 Å². The van der Waals surface area contributed by atoms with Crippen molar-refractivity contribution < 1.29 is 9.53 Å². The Morgan fingerprint density at radius 2 is 2.12 bits per heavy atom. The normalized spacial score (nSPS) is 26.0. The minimum Gasteiger partial charge on any atom is -0.376 e. The highest BCUT2D eigenvalue weighted by Gasteiger charge is 2.42. The SMILES string of the molecule is CCCc1nnc(N2CCC3(CCC(=O)N(C[C@@H]4CCCO4)C3)CC2)s1. The van der Waals surface area contributed by atoms with Gasteiger partial charge < -0.3 is 14.5 Å². The van der Waals surface area contributed by atoms with Crippen LogP contribution >= 0.6 is 11.3 Å². The molecule has 0 unspecified atom stereocenters. The second-order valence-electron chi connectivity index (χ2n) is 8.12. The summed E-state index contributed by atoms with van der Waals surface area (Å²) in [5.74, 6) is 0.321. The van der Waals surface area contributed by atoms with E-state index in [0.29, 0.717) is 17.7 Å². The van der Waals surface area contributed by atoms with Crippen molar-refractivity contribution in [1.29, 1.82) is 0 Å². The van der Waals surface area contributed by atoms with Crippen LogP contribution in [0.15, 0.2) is 0 Å². The minimum absolute atomic E-state index is 0.257. The van der Waals surface area contributed by atoms with Crippen molar-refractivity contribution in [3.05, 3.63) is 5.01 Å². The minimum atomic E-state index is 0.257. The second kappa shape index (κ2) is 7.80. The fourth-order valence-electron chi connectivity index (χ4n) is 4.57. The van der Waals surface area contributed by atoms with Crippen LogP contribution < -0.4 is 4.90 Å². The van der Waals surface area contributed by atoms with Crippen LogP contribution in [-0.2, 0) is 16.0 Å². The molecule has 6 nitrogen and oxygen atoms in total. The van der Waals surface area contributed by atoms with Gasteiger partial charge in [-0.05, 0) is 43.9 Å². The van der Waals surface area contributed by atoms with Crippen molar-refractivity contribution in [2.75, 3.05) is 37.7 Å². The van der Waals surface area contributed by atoms with Gasteiger partial charge in [0.05, 0.1) is 6.10 Å². The Kier molecular flexibility index (Phi) is 5.45. The Morgan fingerprint density at radius 3 is 2.85 bits per heavy atom. The van der Waals surface area contributed by atoms with Crippen molar-refractivity contribution >= 4 is 22.4 Å². The zero-order valence-electron chi connectivity index (χ0n) is 15.8. The van der Waals surface area contributed by atoms with Crippen molar-refractivity contribution in [3.63, 3.8) is 0 Å². The first kappa shape index (κ1) is 18.2. The number of likely N-dealkylation sites (tertiary alicyclic amines) is 1. The van der Waals surface area contributed by atoms with Crippen molar-refractivity contribution in [2.45, 2.75) is 64.4 Å². The Hall–Kier alpha value is -1.21. The maximum atomic E-state index is 12.4. The van der Waals surface area contributed by atoms with Gasteiger partial charge in [0.2, 0.25) is 11.0 Å². The molecule has 0 radical (unpaired) electrons. The Labute approximate surface area is 159 Å². The molecule has 1 spiro atoms. The van der Waals surface area contributed by atoms with Crippen LogP contribution in [0.4, 0.5) is 5.13 Å². The van der Waals surface area contributed by atoms with Crippen molar-refractivity contribution in [1.82, 2.24) is 15.1 Å². The average molecular weight is 379 g/mol. The Balaban J connectivity index is 1.35. The number of rotatable bonds is 5. The molecule has 3 saturated heterocycles. The van der Waals surface area contributed by atoms with E-state index in [2.05, 4.69) is 26.9 Å². The number of aryl methyl sites for hydroxylation is 1. The summed E-state index contributed by atoms with van der Waals surface area (Å²) in [5.41, 5.74) is 0.292. The number of carbonyl (C=O) groups excluding carboxylic acids is 1. The third-order valence-corrected chi connectivity index (χ3v) is 7.25. The summed E-state index contributed by atoms with van der Waals surface area (Å²) < 4.78 is 5.76. The van der Waals surface area contributed by atoms with Crippen LogP contribution in [0, 0.1) is 5.41 Å². The van der Waals surface area contributed by atoms with E-state index in [1.165, 1.54) is 0 Å². The molecule has 1 amide bonds. The number of carbonyl (C=O) groups is 1. The molecule has 0 saturated carbocycles. The summed E-state index contributed by atoms with van der Waals surface area (Å²) in [7, 11) is 0. The van der Waals surface area contributed by atoms with Gasteiger partial charge in [0, 0.05) is 45.6 Å². The van der Waals surface area contributed by atoms with Gasteiger partial charge in [0.25, 0.3) is 0 Å². The third kappa shape index (κ3) is 3.88. The average Bonchev–Trinajstić information content (AvgIpc) is 3.32. The largest absolute Gasteiger partial charge is 0.376 e. The van der Waals surface area contributed by atoms with Gasteiger partial charge in [-0.2, -0.15) is 0 Å². The number of nitrogens with zero attached hydrogens (tertiary/aromatic N) is 4. The van der Waals surface area contributed by atoms with Gasteiger partial charge in [-0.3, -0.25) is 4.79 Å². The van der Waals surface area contributed by atoms with Gasteiger partial charge in [-0.1, -0.05) is 18.3 Å². The number of amides is 1. The molecule has 7 heteroatoms. The molecule has 0 N–H and O–H groups in total. The highest BCUT2D eigenvalue weighted by atomic mass is 32.1. The molecule has 1 atom stereocenters. The second-order valence-corrected chi connectivity index (χ2v) is 9.17. The van der Waals surface area contributed by atoms with E-state index in [9.17, 15) is 4.79 Å². The maximum Gasteiger partial charge on any atom is 0.222 e. The van der Waals surface area contributed by atoms with E-state index >= 15 is 0 Å². The number of hydrogen-bond donors (Lipinski definition) is 0. The van der Waals surface area contributed by atoms with Crippen LogP contribution in [0.3, 0.4) is 0 Å². The fourth-order valence-corrected chi connectivity index (χ4v) is 5.56. The van der Waals surface area contributed by atoms with E-state index < -0.39 is 0 Å². The molecule has 0 aliphatic carbocycles. The third-order valence-electron chi connectivity index (χ3n) is 6.21. The van der Waals surface area contributed by atoms with Gasteiger partial charge in [0.1, 0.15) is 5.01 Å². The lowest BCUT2D eigenvalue weighted by Gasteiger charge is -2.47. The number of aromatic nitrogens is 2. The van der Waals surface area contributed by atoms with Gasteiger partial charge in [-0.15, -0.1) is 10.2 Å². The van der Waals surface area contributed by atoms with Crippen LogP contribution in [0.5, 0.6) is 0 Å². The summed E-state index contributed by atoms with van der Waals surface area (Å²) in [4.78, 5) is 16.9. The summed E-state index contributed by atoms with van der Waals surface area (Å²) in [6.07, 6.45) is 8.66. The van der Waals surface area contributed by atoms with Crippen LogP contribution in [0.2, 0.25) is 0 Å². The molecule has 3 aliphatic rings. The Morgan fingerprint density at radius 1 is 1.27 bits per heavy atom. The number of hydrogen-bond acceptors (Lipinski definition) is 6. The van der Waals surface area contributed by atoms with Crippen molar-refractivity contribution in [3.8, 4) is 0 Å². The van der Waals surface area contributed by atoms with Crippen LogP contribution in [0.25, 0.3) is 0 Å². The van der Waals surface area contributed by atoms with E-state index in [4.69, 9.17) is 4.74 Å². The summed E-state index contributed by atoms with van der Waals surface area (Å²) in [5, 5.41) is 10.9. The number of ether oxygens (including phenoxy) is 1. The maximum absolute atomic E-state index is 12.4. The molecular formula is C19H30N4O2S. The summed E-state index contributed by atoms with van der Waals surface area (Å²) >= 11 is 1.74. The molecular weight excluding hydrogens is 348 g/mol. The zero-order chi connectivity index (χ0) is 18.0. The molecule has 3 fully saturated rings. The van der Waals surface area contributed by atoms with Gasteiger partial charge >= 0.3 is 0 Å². The molecule has 0 aromatic carbocycles. The standard InChI is InChI=1S/C19H30N4O2S/c1-2-4-16-20-21-18(26-16)22-10-8-19(9-11-22)7-6-17(24)23(14-19)13-15-5-3-12-25-15/h15H,2-14H2,1H3/t15-/m0/s1. The fraction of sp³-hybridized carbons (Fsp3) is 0.842. The summed E-state index contributed by atoms with van der Waals surface area (Å²) in [6, 6.07) is 0. The Bertz CT molecular complexity index is 621. The van der Waals surface area contributed by atoms with Crippen molar-refractivity contribution in [2.24, 2.45) is 5.41 Å². The molecule has 3 aliphatic heterocycles. The lowest BCUT2D eigenvalue weighted by molar-refractivity contribution is -0.140. The number of anilines is 1. The molecule has 144 valence electrons. The first-order valence-electron chi connectivity index (χ1n) is 10.1. The molecule has 4 rings (SSSR count). The monoisotopic (exact) mass is 378 g/mol. The van der Waals surface area contributed by atoms with Gasteiger partial charge in [0.15, 0.2) is 0 Å². The molecule has 0 bridgehead atoms. The molecule has 4 heterocycles. The van der Waals surface area contributed by atoms with Gasteiger partial charge in [-0.25, -0.2) is 0 Å².